The number of nitrogens with zero attached hydrogens (tertiary/aromatic N) is 3. The van der Waals surface area contributed by atoms with Gasteiger partial charge in [-0.1, -0.05) is 30.3 Å². The van der Waals surface area contributed by atoms with Gasteiger partial charge < -0.3 is 25.0 Å². The molecule has 0 spiro atoms. The van der Waals surface area contributed by atoms with Gasteiger partial charge in [-0.15, -0.1) is 0 Å². The molecule has 3 amide bonds. The second kappa shape index (κ2) is 9.57. The number of nitrogens with one attached hydrogen (secondary N) is 2. The fourth-order valence-electron chi connectivity index (χ4n) is 4.80. The van der Waals surface area contributed by atoms with E-state index in [0.717, 1.165) is 35.1 Å². The van der Waals surface area contributed by atoms with Gasteiger partial charge in [0.25, 0.3) is 0 Å². The number of hydrogen-bond donors (Lipinski definition) is 2. The molecule has 3 aromatic rings. The number of carbonyl (C=O) groups is 2. The standard InChI is InChI=1S/C26H31N5O2/c32-25(17-21-19-27-24-6-2-1-5-23(21)24)30-13-15-31(16-14-30)26(33)28-18-20-7-9-22(10-8-20)29-11-3-4-12-29/h1-2,5-10,19,27H,3-4,11-18H2,(H,28,33). The van der Waals surface area contributed by atoms with Gasteiger partial charge in [0.05, 0.1) is 6.42 Å². The number of benzene rings is 2. The molecule has 7 nitrogen and oxygen atoms in total. The molecule has 0 unspecified atom stereocenters. The number of aromatic nitrogens is 1. The second-order valence-corrected chi connectivity index (χ2v) is 8.92. The largest absolute Gasteiger partial charge is 0.372 e. The molecule has 172 valence electrons. The molecule has 0 atom stereocenters. The van der Waals surface area contributed by atoms with Gasteiger partial charge in [0.2, 0.25) is 5.91 Å². The summed E-state index contributed by atoms with van der Waals surface area (Å²) in [6.45, 7) is 5.02. The molecular weight excluding hydrogens is 414 g/mol. The lowest BCUT2D eigenvalue weighted by Gasteiger charge is -2.34. The summed E-state index contributed by atoms with van der Waals surface area (Å²) in [4.78, 5) is 34.7. The maximum atomic E-state index is 12.8. The van der Waals surface area contributed by atoms with Gasteiger partial charge in [0.1, 0.15) is 0 Å². The highest BCUT2D eigenvalue weighted by Gasteiger charge is 2.24. The van der Waals surface area contributed by atoms with Crippen LogP contribution in [0.15, 0.2) is 54.7 Å². The van der Waals surface area contributed by atoms with Crippen molar-refractivity contribution in [3.63, 3.8) is 0 Å². The lowest BCUT2D eigenvalue weighted by Crippen LogP contribution is -2.53. The van der Waals surface area contributed by atoms with Gasteiger partial charge in [-0.3, -0.25) is 4.79 Å². The van der Waals surface area contributed by atoms with Crippen molar-refractivity contribution in [1.29, 1.82) is 0 Å². The molecular formula is C26H31N5O2. The predicted octanol–water partition coefficient (Wildman–Crippen LogP) is 3.36. The van der Waals surface area contributed by atoms with Gasteiger partial charge in [-0.25, -0.2) is 4.79 Å². The first kappa shape index (κ1) is 21.4. The summed E-state index contributed by atoms with van der Waals surface area (Å²) in [6.07, 6.45) is 4.83. The highest BCUT2D eigenvalue weighted by Crippen LogP contribution is 2.21. The van der Waals surface area contributed by atoms with Crippen LogP contribution in [0, 0.1) is 0 Å². The topological polar surface area (TPSA) is 71.7 Å². The molecule has 33 heavy (non-hydrogen) atoms. The number of aromatic amines is 1. The second-order valence-electron chi connectivity index (χ2n) is 8.92. The number of H-pyrrole nitrogens is 1. The molecule has 0 aliphatic carbocycles. The average molecular weight is 446 g/mol. The van der Waals surface area contributed by atoms with Crippen LogP contribution >= 0.6 is 0 Å². The van der Waals surface area contributed by atoms with Crippen molar-refractivity contribution in [2.24, 2.45) is 0 Å². The molecule has 2 aliphatic rings. The number of para-hydroxylation sites is 1. The first-order chi connectivity index (χ1) is 16.2. The minimum atomic E-state index is -0.0673. The van der Waals surface area contributed by atoms with Crippen LogP contribution in [0.1, 0.15) is 24.0 Å². The summed E-state index contributed by atoms with van der Waals surface area (Å²) >= 11 is 0. The highest BCUT2D eigenvalue weighted by molar-refractivity contribution is 5.89. The molecule has 7 heteroatoms. The Bertz CT molecular complexity index is 1110. The number of amides is 3. The number of piperazine rings is 1. The Morgan fingerprint density at radius 3 is 2.30 bits per heavy atom. The Hall–Kier alpha value is -3.48. The van der Waals surface area contributed by atoms with Gasteiger partial charge in [0.15, 0.2) is 0 Å². The van der Waals surface area contributed by atoms with Crippen LogP contribution in [0.25, 0.3) is 10.9 Å². The minimum Gasteiger partial charge on any atom is -0.372 e. The summed E-state index contributed by atoms with van der Waals surface area (Å²) in [5.41, 5.74) is 4.42. The zero-order valence-electron chi connectivity index (χ0n) is 18.9. The molecule has 2 aromatic carbocycles. The third-order valence-electron chi connectivity index (χ3n) is 6.79. The first-order valence-electron chi connectivity index (χ1n) is 11.9. The maximum absolute atomic E-state index is 12.8. The molecule has 0 radical (unpaired) electrons. The van der Waals surface area contributed by atoms with E-state index in [9.17, 15) is 9.59 Å². The van der Waals surface area contributed by atoms with Crippen LogP contribution < -0.4 is 10.2 Å². The normalized spacial score (nSPS) is 16.4. The molecule has 1 aromatic heterocycles. The average Bonchev–Trinajstić information content (AvgIpc) is 3.54. The van der Waals surface area contributed by atoms with Crippen LogP contribution in [0.2, 0.25) is 0 Å². The van der Waals surface area contributed by atoms with Gasteiger partial charge in [0, 0.05) is 68.6 Å². The van der Waals surface area contributed by atoms with Crippen molar-refractivity contribution in [3.05, 3.63) is 65.9 Å². The molecule has 2 aliphatic heterocycles. The molecule has 3 heterocycles. The molecule has 0 saturated carbocycles. The Labute approximate surface area is 194 Å². The summed E-state index contributed by atoms with van der Waals surface area (Å²) in [5.74, 6) is 0.109. The first-order valence-corrected chi connectivity index (χ1v) is 11.9. The summed E-state index contributed by atoms with van der Waals surface area (Å²) in [5, 5.41) is 4.12. The molecule has 2 fully saturated rings. The summed E-state index contributed by atoms with van der Waals surface area (Å²) in [7, 11) is 0. The van der Waals surface area contributed by atoms with Crippen LogP contribution in [0.5, 0.6) is 0 Å². The quantitative estimate of drug-likeness (QED) is 0.633. The molecule has 5 rings (SSSR count). The lowest BCUT2D eigenvalue weighted by molar-refractivity contribution is -0.131. The lowest BCUT2D eigenvalue weighted by atomic mass is 10.1. The van der Waals surface area contributed by atoms with Crippen LogP contribution in [-0.2, 0) is 17.8 Å². The Kier molecular flexibility index (Phi) is 6.19. The smallest absolute Gasteiger partial charge is 0.317 e. The van der Waals surface area contributed by atoms with Crippen LogP contribution in [0.4, 0.5) is 10.5 Å². The van der Waals surface area contributed by atoms with Crippen LogP contribution in [-0.4, -0.2) is 66.0 Å². The fourth-order valence-corrected chi connectivity index (χ4v) is 4.80. The number of carbonyl (C=O) groups excluding carboxylic acids is 2. The Morgan fingerprint density at radius 2 is 1.55 bits per heavy atom. The molecule has 0 bridgehead atoms. The fraction of sp³-hybridized carbons (Fsp3) is 0.385. The van der Waals surface area contributed by atoms with E-state index in [4.69, 9.17) is 0 Å². The third kappa shape index (κ3) is 4.82. The van der Waals surface area contributed by atoms with E-state index in [2.05, 4.69) is 39.5 Å². The number of urea groups is 1. The Balaban J connectivity index is 1.08. The zero-order chi connectivity index (χ0) is 22.6. The van der Waals surface area contributed by atoms with E-state index in [-0.39, 0.29) is 11.9 Å². The number of hydrogen-bond acceptors (Lipinski definition) is 3. The Morgan fingerprint density at radius 1 is 0.848 bits per heavy atom. The van der Waals surface area contributed by atoms with E-state index < -0.39 is 0 Å². The van der Waals surface area contributed by atoms with E-state index in [1.54, 1.807) is 4.90 Å². The summed E-state index contributed by atoms with van der Waals surface area (Å²) < 4.78 is 0. The summed E-state index contributed by atoms with van der Waals surface area (Å²) in [6, 6.07) is 16.4. The predicted molar refractivity (Wildman–Crippen MR) is 130 cm³/mol. The molecule has 2 saturated heterocycles. The van der Waals surface area contributed by atoms with Crippen molar-refractivity contribution < 1.29 is 9.59 Å². The van der Waals surface area contributed by atoms with Crippen LogP contribution in [0.3, 0.4) is 0 Å². The number of fused-ring (bicyclic) bond motifs is 1. The van der Waals surface area contributed by atoms with Crippen molar-refractivity contribution in [2.45, 2.75) is 25.8 Å². The van der Waals surface area contributed by atoms with E-state index in [0.29, 0.717) is 39.1 Å². The van der Waals surface area contributed by atoms with Gasteiger partial charge in [-0.05, 0) is 42.2 Å². The van der Waals surface area contributed by atoms with Gasteiger partial charge >= 0.3 is 6.03 Å². The minimum absolute atomic E-state index is 0.0673. The van der Waals surface area contributed by atoms with Crippen molar-refractivity contribution in [2.75, 3.05) is 44.2 Å². The maximum Gasteiger partial charge on any atom is 0.317 e. The van der Waals surface area contributed by atoms with Crippen molar-refractivity contribution in [1.82, 2.24) is 20.1 Å². The van der Waals surface area contributed by atoms with Crippen molar-refractivity contribution in [3.8, 4) is 0 Å². The monoisotopic (exact) mass is 445 g/mol. The highest BCUT2D eigenvalue weighted by atomic mass is 16.2. The number of rotatable bonds is 5. The third-order valence-corrected chi connectivity index (χ3v) is 6.79. The zero-order valence-corrected chi connectivity index (χ0v) is 18.9. The van der Waals surface area contributed by atoms with E-state index >= 15 is 0 Å². The van der Waals surface area contributed by atoms with E-state index in [1.807, 2.05) is 35.4 Å². The molecule has 2 N–H and O–H groups in total. The number of anilines is 1. The SMILES string of the molecule is O=C(Cc1c[nH]c2ccccc12)N1CCN(C(=O)NCc2ccc(N3CCCC3)cc2)CC1. The van der Waals surface area contributed by atoms with Crippen molar-refractivity contribution >= 4 is 28.5 Å². The van der Waals surface area contributed by atoms with Gasteiger partial charge in [-0.2, -0.15) is 0 Å². The van der Waals surface area contributed by atoms with E-state index in [1.165, 1.54) is 18.5 Å².